The highest BCUT2D eigenvalue weighted by atomic mass is 16.6. The fourth-order valence-electron chi connectivity index (χ4n) is 1.73. The number of ether oxygens (including phenoxy) is 1. The zero-order chi connectivity index (χ0) is 15.4. The normalized spacial score (nSPS) is 9.95. The van der Waals surface area contributed by atoms with E-state index in [1.54, 1.807) is 24.3 Å². The van der Waals surface area contributed by atoms with Crippen LogP contribution in [0, 0.1) is 10.1 Å². The van der Waals surface area contributed by atoms with Crippen LogP contribution in [0.1, 0.15) is 10.4 Å². The topological polar surface area (TPSA) is 107 Å². The zero-order valence-corrected chi connectivity index (χ0v) is 11.2. The summed E-state index contributed by atoms with van der Waals surface area (Å²) in [7, 11) is 1.53. The molecule has 0 saturated carbocycles. The van der Waals surface area contributed by atoms with Gasteiger partial charge in [-0.2, -0.15) is 0 Å². The van der Waals surface area contributed by atoms with E-state index in [4.69, 9.17) is 10.5 Å². The third-order valence-corrected chi connectivity index (χ3v) is 2.76. The Kier molecular flexibility index (Phi) is 4.03. The Morgan fingerprint density at radius 2 is 1.95 bits per heavy atom. The third-order valence-electron chi connectivity index (χ3n) is 2.76. The van der Waals surface area contributed by atoms with Crippen molar-refractivity contribution < 1.29 is 14.5 Å². The minimum absolute atomic E-state index is 0.0615. The second-order valence-electron chi connectivity index (χ2n) is 4.19. The predicted octanol–water partition coefficient (Wildman–Crippen LogP) is 2.33. The van der Waals surface area contributed by atoms with Crippen LogP contribution in [0.3, 0.4) is 0 Å². The summed E-state index contributed by atoms with van der Waals surface area (Å²) < 4.78 is 5.52. The first-order valence-electron chi connectivity index (χ1n) is 6.05. The van der Waals surface area contributed by atoms with Crippen molar-refractivity contribution in [2.24, 2.45) is 0 Å². The van der Waals surface area contributed by atoms with E-state index in [2.05, 4.69) is 5.32 Å². The lowest BCUT2D eigenvalue weighted by Crippen LogP contribution is -2.17. The average molecular weight is 287 g/mol. The lowest BCUT2D eigenvalue weighted by Gasteiger charge is -2.08. The molecule has 2 rings (SSSR count). The van der Waals surface area contributed by atoms with E-state index >= 15 is 0 Å². The predicted molar refractivity (Wildman–Crippen MR) is 77.4 cm³/mol. The van der Waals surface area contributed by atoms with Gasteiger partial charge in [0.1, 0.15) is 17.2 Å². The summed E-state index contributed by atoms with van der Waals surface area (Å²) in [6.45, 7) is 0. The number of hydrogen-bond acceptors (Lipinski definition) is 5. The molecule has 108 valence electrons. The lowest BCUT2D eigenvalue weighted by atomic mass is 10.2. The number of rotatable bonds is 4. The van der Waals surface area contributed by atoms with Crippen LogP contribution in [0.4, 0.5) is 11.4 Å². The summed E-state index contributed by atoms with van der Waals surface area (Å²) in [6.07, 6.45) is 0. The maximum atomic E-state index is 11.5. The summed E-state index contributed by atoms with van der Waals surface area (Å²) >= 11 is 0. The van der Waals surface area contributed by atoms with Crippen LogP contribution in [0.15, 0.2) is 42.5 Å². The number of amides is 1. The van der Waals surface area contributed by atoms with E-state index < -0.39 is 4.92 Å². The molecule has 0 fully saturated rings. The molecule has 7 nitrogen and oxygen atoms in total. The molecule has 0 heterocycles. The fraction of sp³-hybridized carbons (Fsp3) is 0.0714. The molecule has 0 atom stereocenters. The van der Waals surface area contributed by atoms with Crippen LogP contribution in [-0.2, 0) is 0 Å². The van der Waals surface area contributed by atoms with Crippen LogP contribution in [0.25, 0.3) is 0 Å². The van der Waals surface area contributed by atoms with E-state index in [-0.39, 0.29) is 23.0 Å². The van der Waals surface area contributed by atoms with Crippen molar-refractivity contribution in [2.45, 2.75) is 0 Å². The Labute approximate surface area is 120 Å². The number of benzene rings is 2. The first kappa shape index (κ1) is 14.3. The van der Waals surface area contributed by atoms with Crippen LogP contribution in [0.2, 0.25) is 0 Å². The number of nitrogens with two attached hydrogens (primary N) is 1. The number of nitrogens with one attached hydrogen (secondary N) is 1. The van der Waals surface area contributed by atoms with E-state index in [1.807, 2.05) is 0 Å². The van der Waals surface area contributed by atoms with Crippen LogP contribution >= 0.6 is 0 Å². The van der Waals surface area contributed by atoms with Gasteiger partial charge in [-0.3, -0.25) is 14.9 Å². The van der Waals surface area contributed by atoms with E-state index in [0.717, 1.165) is 0 Å². The Morgan fingerprint density at radius 1 is 1.24 bits per heavy atom. The van der Waals surface area contributed by atoms with E-state index in [0.29, 0.717) is 11.3 Å². The SMILES string of the molecule is CNC(=O)c1cccc(Oc2ccc(N)c([N+](=O)[O-])c2)c1. The van der Waals surface area contributed by atoms with Gasteiger partial charge in [0.05, 0.1) is 11.0 Å². The van der Waals surface area contributed by atoms with Gasteiger partial charge < -0.3 is 15.8 Å². The summed E-state index contributed by atoms with van der Waals surface area (Å²) in [4.78, 5) is 21.8. The molecule has 0 aromatic heterocycles. The summed E-state index contributed by atoms with van der Waals surface area (Å²) in [5.41, 5.74) is 5.78. The van der Waals surface area contributed by atoms with Crippen LogP contribution < -0.4 is 15.8 Å². The first-order chi connectivity index (χ1) is 10.0. The summed E-state index contributed by atoms with van der Waals surface area (Å²) in [6, 6.07) is 10.6. The maximum Gasteiger partial charge on any atom is 0.295 e. The Balaban J connectivity index is 2.28. The van der Waals surface area contributed by atoms with Gasteiger partial charge >= 0.3 is 0 Å². The molecule has 2 aromatic rings. The number of nitrogen functional groups attached to an aromatic ring is 1. The van der Waals surface area contributed by atoms with Gasteiger partial charge in [-0.05, 0) is 30.3 Å². The third kappa shape index (κ3) is 3.27. The van der Waals surface area contributed by atoms with Gasteiger partial charge in [-0.1, -0.05) is 6.07 Å². The van der Waals surface area contributed by atoms with Gasteiger partial charge in [0.15, 0.2) is 0 Å². The molecule has 1 amide bonds. The second kappa shape index (κ2) is 5.91. The average Bonchev–Trinajstić information content (AvgIpc) is 2.48. The van der Waals surface area contributed by atoms with E-state index in [1.165, 1.54) is 25.2 Å². The molecular formula is C14H13N3O4. The Bertz CT molecular complexity index is 700. The summed E-state index contributed by atoms with van der Waals surface area (Å²) in [5, 5.41) is 13.3. The molecule has 3 N–H and O–H groups in total. The monoisotopic (exact) mass is 287 g/mol. The molecule has 2 aromatic carbocycles. The number of nitro benzene ring substituents is 1. The highest BCUT2D eigenvalue weighted by Crippen LogP contribution is 2.29. The van der Waals surface area contributed by atoms with Crippen molar-refractivity contribution >= 4 is 17.3 Å². The maximum absolute atomic E-state index is 11.5. The molecule has 0 unspecified atom stereocenters. The van der Waals surface area contributed by atoms with Gasteiger partial charge in [-0.15, -0.1) is 0 Å². The van der Waals surface area contributed by atoms with Gasteiger partial charge in [0.2, 0.25) is 0 Å². The highest BCUT2D eigenvalue weighted by Gasteiger charge is 2.13. The number of hydrogen-bond donors (Lipinski definition) is 2. The number of nitro groups is 1. The van der Waals surface area contributed by atoms with Crippen molar-refractivity contribution in [3.63, 3.8) is 0 Å². The molecule has 0 aliphatic carbocycles. The van der Waals surface area contributed by atoms with Gasteiger partial charge in [-0.25, -0.2) is 0 Å². The van der Waals surface area contributed by atoms with E-state index in [9.17, 15) is 14.9 Å². The quantitative estimate of drug-likeness (QED) is 0.509. The van der Waals surface area contributed by atoms with Crippen LogP contribution in [-0.4, -0.2) is 17.9 Å². The van der Waals surface area contributed by atoms with Crippen molar-refractivity contribution in [3.8, 4) is 11.5 Å². The fourth-order valence-corrected chi connectivity index (χ4v) is 1.73. The smallest absolute Gasteiger partial charge is 0.295 e. The standard InChI is InChI=1S/C14H13N3O4/c1-16-14(18)9-3-2-4-10(7-9)21-11-5-6-12(15)13(8-11)17(19)20/h2-8H,15H2,1H3,(H,16,18). The van der Waals surface area contributed by atoms with Crippen LogP contribution in [0.5, 0.6) is 11.5 Å². The Hall–Kier alpha value is -3.09. The molecule has 0 radical (unpaired) electrons. The molecule has 21 heavy (non-hydrogen) atoms. The van der Waals surface area contributed by atoms with Crippen molar-refractivity contribution in [1.29, 1.82) is 0 Å². The Morgan fingerprint density at radius 3 is 2.62 bits per heavy atom. The molecule has 7 heteroatoms. The minimum Gasteiger partial charge on any atom is -0.457 e. The highest BCUT2D eigenvalue weighted by molar-refractivity contribution is 5.94. The molecular weight excluding hydrogens is 274 g/mol. The molecule has 0 bridgehead atoms. The van der Waals surface area contributed by atoms with Crippen molar-refractivity contribution in [1.82, 2.24) is 5.32 Å². The second-order valence-corrected chi connectivity index (χ2v) is 4.19. The molecule has 0 saturated heterocycles. The van der Waals surface area contributed by atoms with Crippen molar-refractivity contribution in [3.05, 3.63) is 58.1 Å². The lowest BCUT2D eigenvalue weighted by molar-refractivity contribution is -0.384. The van der Waals surface area contributed by atoms with Gasteiger partial charge in [0, 0.05) is 12.6 Å². The molecule has 0 spiro atoms. The minimum atomic E-state index is -0.580. The largest absolute Gasteiger partial charge is 0.457 e. The zero-order valence-electron chi connectivity index (χ0n) is 11.2. The number of nitrogens with zero attached hydrogens (tertiary/aromatic N) is 1. The summed E-state index contributed by atoms with van der Waals surface area (Å²) in [5.74, 6) is 0.420. The number of carbonyl (C=O) groups excluding carboxylic acids is 1. The molecule has 0 aliphatic rings. The number of carbonyl (C=O) groups is 1. The number of anilines is 1. The van der Waals surface area contributed by atoms with Gasteiger partial charge in [0.25, 0.3) is 11.6 Å². The first-order valence-corrected chi connectivity index (χ1v) is 6.05. The molecule has 0 aliphatic heterocycles. The van der Waals surface area contributed by atoms with Crippen molar-refractivity contribution in [2.75, 3.05) is 12.8 Å².